The van der Waals surface area contributed by atoms with Crippen molar-refractivity contribution in [3.05, 3.63) is 34.8 Å². The van der Waals surface area contributed by atoms with Crippen LogP contribution >= 0.6 is 11.3 Å². The van der Waals surface area contributed by atoms with Gasteiger partial charge in [0.25, 0.3) is 10.0 Å². The van der Waals surface area contributed by atoms with Gasteiger partial charge in [0, 0.05) is 39.1 Å². The molecule has 2 N–H and O–H groups in total. The zero-order chi connectivity index (χ0) is 24.8. The lowest BCUT2D eigenvalue weighted by Crippen LogP contribution is -2.44. The van der Waals surface area contributed by atoms with Crippen molar-refractivity contribution >= 4 is 26.5 Å². The standard InChI is InChI=1S/C26H43N5O2S2/c1-2-3-4-5-6-7-8-9-10-11-12-23-13-15-24(16-14-23)35(32,33)30-26-29-28-25(34-26)17-20-31-21-18-27-19-22-31/h13-16,27H,2-12,17-22H2,1H3,(H,29,30). The topological polar surface area (TPSA) is 87.2 Å². The first-order chi connectivity index (χ1) is 17.1. The summed E-state index contributed by atoms with van der Waals surface area (Å²) in [4.78, 5) is 2.65. The molecule has 196 valence electrons. The molecule has 1 aromatic carbocycles. The fourth-order valence-corrected chi connectivity index (χ4v) is 6.37. The first-order valence-electron chi connectivity index (χ1n) is 13.4. The van der Waals surface area contributed by atoms with E-state index in [2.05, 4.69) is 32.1 Å². The van der Waals surface area contributed by atoms with Crippen molar-refractivity contribution in [1.29, 1.82) is 0 Å². The zero-order valence-electron chi connectivity index (χ0n) is 21.3. The molecule has 0 radical (unpaired) electrons. The first-order valence-corrected chi connectivity index (χ1v) is 15.7. The SMILES string of the molecule is CCCCCCCCCCCCc1ccc(S(=O)(=O)Nc2nnc(CCN3CCNCC3)s2)cc1. The molecule has 1 saturated heterocycles. The first kappa shape index (κ1) is 28.0. The van der Waals surface area contributed by atoms with Crippen LogP contribution in [0.3, 0.4) is 0 Å². The number of rotatable bonds is 17. The van der Waals surface area contributed by atoms with Gasteiger partial charge in [-0.1, -0.05) is 88.2 Å². The third-order valence-electron chi connectivity index (χ3n) is 6.59. The fourth-order valence-electron chi connectivity index (χ4n) is 4.41. The Bertz CT molecular complexity index is 941. The van der Waals surface area contributed by atoms with E-state index < -0.39 is 10.0 Å². The Kier molecular flexibility index (Phi) is 12.4. The average Bonchev–Trinajstić information content (AvgIpc) is 3.31. The smallest absolute Gasteiger partial charge is 0.263 e. The van der Waals surface area contributed by atoms with Crippen molar-refractivity contribution in [3.63, 3.8) is 0 Å². The maximum absolute atomic E-state index is 12.8. The summed E-state index contributed by atoms with van der Waals surface area (Å²) in [6.07, 6.45) is 15.0. The van der Waals surface area contributed by atoms with Gasteiger partial charge >= 0.3 is 0 Å². The van der Waals surface area contributed by atoms with Gasteiger partial charge in [0.05, 0.1) is 4.90 Å². The highest BCUT2D eigenvalue weighted by Crippen LogP contribution is 2.21. The fraction of sp³-hybridized carbons (Fsp3) is 0.692. The number of piperazine rings is 1. The van der Waals surface area contributed by atoms with Gasteiger partial charge in [-0.15, -0.1) is 10.2 Å². The Morgan fingerprint density at radius 1 is 0.886 bits per heavy atom. The van der Waals surface area contributed by atoms with Crippen molar-refractivity contribution in [2.75, 3.05) is 37.4 Å². The third kappa shape index (κ3) is 10.5. The molecule has 7 nitrogen and oxygen atoms in total. The molecule has 0 unspecified atom stereocenters. The molecule has 2 heterocycles. The van der Waals surface area contributed by atoms with E-state index in [9.17, 15) is 8.42 Å². The number of sulfonamides is 1. The van der Waals surface area contributed by atoms with Crippen LogP contribution in [-0.2, 0) is 22.9 Å². The third-order valence-corrected chi connectivity index (χ3v) is 8.98. The van der Waals surface area contributed by atoms with Gasteiger partial charge in [0.1, 0.15) is 5.01 Å². The van der Waals surface area contributed by atoms with Crippen LogP contribution in [0.2, 0.25) is 0 Å². The second-order valence-corrected chi connectivity index (χ2v) is 12.3. The molecule has 0 saturated carbocycles. The summed E-state index contributed by atoms with van der Waals surface area (Å²) in [6.45, 7) is 7.28. The van der Waals surface area contributed by atoms with Crippen LogP contribution in [-0.4, -0.2) is 56.2 Å². The van der Waals surface area contributed by atoms with Gasteiger partial charge in [-0.25, -0.2) is 8.42 Å². The Balaban J connectivity index is 1.35. The number of nitrogens with zero attached hydrogens (tertiary/aromatic N) is 3. The second-order valence-electron chi connectivity index (χ2n) is 9.52. The molecular formula is C26H43N5O2S2. The van der Waals surface area contributed by atoms with Crippen LogP contribution < -0.4 is 10.0 Å². The number of anilines is 1. The molecule has 0 aliphatic carbocycles. The Hall–Kier alpha value is -1.55. The normalized spacial score (nSPS) is 14.9. The van der Waals surface area contributed by atoms with Crippen molar-refractivity contribution < 1.29 is 8.42 Å². The van der Waals surface area contributed by atoms with Crippen molar-refractivity contribution in [2.45, 2.75) is 88.9 Å². The van der Waals surface area contributed by atoms with Gasteiger partial charge in [0.2, 0.25) is 5.13 Å². The summed E-state index contributed by atoms with van der Waals surface area (Å²) in [5, 5.41) is 12.7. The van der Waals surface area contributed by atoms with Gasteiger partial charge < -0.3 is 10.2 Å². The van der Waals surface area contributed by atoms with Crippen molar-refractivity contribution in [1.82, 2.24) is 20.4 Å². The summed E-state index contributed by atoms with van der Waals surface area (Å²) >= 11 is 1.32. The predicted octanol–water partition coefficient (Wildman–Crippen LogP) is 5.25. The predicted molar refractivity (Wildman–Crippen MR) is 146 cm³/mol. The lowest BCUT2D eigenvalue weighted by Gasteiger charge is -2.26. The molecule has 3 rings (SSSR count). The molecule has 2 aromatic rings. The molecule has 1 aromatic heterocycles. The van der Waals surface area contributed by atoms with Gasteiger partial charge in [0.15, 0.2) is 0 Å². The summed E-state index contributed by atoms with van der Waals surface area (Å²) in [5.74, 6) is 0. The molecular weight excluding hydrogens is 478 g/mol. The van der Waals surface area contributed by atoms with Crippen LogP contribution in [0.4, 0.5) is 5.13 Å². The van der Waals surface area contributed by atoms with E-state index in [-0.39, 0.29) is 4.90 Å². The minimum atomic E-state index is -3.66. The summed E-state index contributed by atoms with van der Waals surface area (Å²) in [5.41, 5.74) is 1.19. The van der Waals surface area contributed by atoms with E-state index in [1.807, 2.05) is 12.1 Å². The lowest BCUT2D eigenvalue weighted by molar-refractivity contribution is 0.243. The van der Waals surface area contributed by atoms with Crippen LogP contribution in [0.1, 0.15) is 81.7 Å². The highest BCUT2D eigenvalue weighted by atomic mass is 32.2. The number of benzene rings is 1. The molecule has 9 heteroatoms. The maximum Gasteiger partial charge on any atom is 0.263 e. The summed E-state index contributed by atoms with van der Waals surface area (Å²) < 4.78 is 28.2. The number of hydrogen-bond acceptors (Lipinski definition) is 7. The Labute approximate surface area is 216 Å². The molecule has 0 amide bonds. The number of hydrogen-bond donors (Lipinski definition) is 2. The Morgan fingerprint density at radius 2 is 1.51 bits per heavy atom. The monoisotopic (exact) mass is 521 g/mol. The van der Waals surface area contributed by atoms with Gasteiger partial charge in [-0.05, 0) is 30.5 Å². The van der Waals surface area contributed by atoms with E-state index in [0.717, 1.165) is 57.0 Å². The van der Waals surface area contributed by atoms with Crippen LogP contribution in [0.5, 0.6) is 0 Å². The number of unbranched alkanes of at least 4 members (excludes halogenated alkanes) is 9. The molecule has 1 aliphatic rings. The minimum absolute atomic E-state index is 0.266. The highest BCUT2D eigenvalue weighted by molar-refractivity contribution is 7.93. The molecule has 35 heavy (non-hydrogen) atoms. The summed E-state index contributed by atoms with van der Waals surface area (Å²) in [6, 6.07) is 7.25. The van der Waals surface area contributed by atoms with Crippen LogP contribution in [0.15, 0.2) is 29.2 Å². The number of aryl methyl sites for hydroxylation is 1. The van der Waals surface area contributed by atoms with E-state index in [1.54, 1.807) is 12.1 Å². The number of aromatic nitrogens is 2. The van der Waals surface area contributed by atoms with Gasteiger partial charge in [-0.2, -0.15) is 0 Å². The highest BCUT2D eigenvalue weighted by Gasteiger charge is 2.17. The molecule has 0 spiro atoms. The molecule has 1 fully saturated rings. The summed E-state index contributed by atoms with van der Waals surface area (Å²) in [7, 11) is -3.66. The molecule has 1 aliphatic heterocycles. The quantitative estimate of drug-likeness (QED) is 0.277. The van der Waals surface area contributed by atoms with Gasteiger partial charge in [-0.3, -0.25) is 4.72 Å². The van der Waals surface area contributed by atoms with Crippen LogP contribution in [0.25, 0.3) is 0 Å². The lowest BCUT2D eigenvalue weighted by atomic mass is 10.0. The van der Waals surface area contributed by atoms with Crippen molar-refractivity contribution in [3.8, 4) is 0 Å². The van der Waals surface area contributed by atoms with E-state index in [0.29, 0.717) is 5.13 Å². The largest absolute Gasteiger partial charge is 0.314 e. The zero-order valence-corrected chi connectivity index (χ0v) is 22.9. The van der Waals surface area contributed by atoms with Crippen molar-refractivity contribution in [2.24, 2.45) is 0 Å². The minimum Gasteiger partial charge on any atom is -0.314 e. The van der Waals surface area contributed by atoms with E-state index in [4.69, 9.17) is 0 Å². The number of nitrogens with one attached hydrogen (secondary N) is 2. The molecule has 0 atom stereocenters. The molecule has 0 bridgehead atoms. The average molecular weight is 522 g/mol. The van der Waals surface area contributed by atoms with Crippen LogP contribution in [0, 0.1) is 0 Å². The maximum atomic E-state index is 12.8. The van der Waals surface area contributed by atoms with E-state index in [1.165, 1.54) is 74.7 Å². The van der Waals surface area contributed by atoms with E-state index >= 15 is 0 Å². The second kappa shape index (κ2) is 15.5. The Morgan fingerprint density at radius 3 is 2.17 bits per heavy atom.